The van der Waals surface area contributed by atoms with E-state index in [1.807, 2.05) is 18.2 Å². The fraction of sp³-hybridized carbons (Fsp3) is 0.222. The first kappa shape index (κ1) is 9.08. The van der Waals surface area contributed by atoms with Crippen molar-refractivity contribution in [2.24, 2.45) is 0 Å². The number of aromatic nitrogens is 3. The van der Waals surface area contributed by atoms with Crippen molar-refractivity contribution in [2.45, 2.75) is 13.3 Å². The highest BCUT2D eigenvalue weighted by Crippen LogP contribution is 2.21. The van der Waals surface area contributed by atoms with Gasteiger partial charge in [0, 0.05) is 11.5 Å². The first-order valence-corrected chi connectivity index (χ1v) is 5.07. The van der Waals surface area contributed by atoms with Crippen molar-refractivity contribution < 1.29 is 4.74 Å². The van der Waals surface area contributed by atoms with Crippen LogP contribution in [-0.4, -0.2) is 14.8 Å². The molecule has 0 aliphatic heterocycles. The molecule has 0 saturated heterocycles. The number of benzene rings is 1. The van der Waals surface area contributed by atoms with Crippen LogP contribution in [0.15, 0.2) is 24.3 Å². The molecule has 0 amide bonds. The van der Waals surface area contributed by atoms with E-state index < -0.39 is 0 Å². The summed E-state index contributed by atoms with van der Waals surface area (Å²) in [5.74, 6) is 0.780. The van der Waals surface area contributed by atoms with Crippen molar-refractivity contribution in [3.05, 3.63) is 29.8 Å². The van der Waals surface area contributed by atoms with E-state index in [0.29, 0.717) is 5.19 Å². The molecule has 0 fully saturated rings. The maximum absolute atomic E-state index is 5.44. The third kappa shape index (κ3) is 2.05. The van der Waals surface area contributed by atoms with Crippen LogP contribution >= 0.6 is 11.5 Å². The zero-order valence-electron chi connectivity index (χ0n) is 7.67. The summed E-state index contributed by atoms with van der Waals surface area (Å²) in [7, 11) is 0. The number of hydrogen-bond donors (Lipinski definition) is 0. The van der Waals surface area contributed by atoms with Crippen LogP contribution in [0.25, 0.3) is 0 Å². The van der Waals surface area contributed by atoms with Gasteiger partial charge in [0.25, 0.3) is 0 Å². The topological polar surface area (TPSA) is 47.9 Å². The largest absolute Gasteiger partial charge is 0.429 e. The van der Waals surface area contributed by atoms with E-state index in [2.05, 4.69) is 27.8 Å². The zero-order chi connectivity index (χ0) is 9.80. The lowest BCUT2D eigenvalue weighted by Crippen LogP contribution is -1.85. The Balaban J connectivity index is 2.17. The zero-order valence-corrected chi connectivity index (χ0v) is 8.49. The van der Waals surface area contributed by atoms with Crippen molar-refractivity contribution in [1.29, 1.82) is 0 Å². The SMILES string of the molecule is CCc1cccc(Oc2nnns2)c1. The average Bonchev–Trinajstić information content (AvgIpc) is 2.71. The Morgan fingerprint density at radius 1 is 1.43 bits per heavy atom. The van der Waals surface area contributed by atoms with Crippen molar-refractivity contribution in [2.75, 3.05) is 0 Å². The molecule has 0 N–H and O–H groups in total. The predicted molar refractivity (Wildman–Crippen MR) is 53.6 cm³/mol. The fourth-order valence-corrected chi connectivity index (χ4v) is 1.44. The van der Waals surface area contributed by atoms with Gasteiger partial charge in [-0.2, -0.15) is 0 Å². The lowest BCUT2D eigenvalue weighted by Gasteiger charge is -2.01. The maximum atomic E-state index is 5.44. The smallest absolute Gasteiger partial charge is 0.319 e. The summed E-state index contributed by atoms with van der Waals surface area (Å²) < 4.78 is 9.06. The predicted octanol–water partition coefficient (Wildman–Crippen LogP) is 2.29. The third-order valence-electron chi connectivity index (χ3n) is 1.79. The van der Waals surface area contributed by atoms with Crippen molar-refractivity contribution >= 4 is 11.5 Å². The van der Waals surface area contributed by atoms with Gasteiger partial charge in [0.1, 0.15) is 5.75 Å². The Hall–Kier alpha value is -1.49. The minimum atomic E-state index is 0.471. The number of nitrogens with zero attached hydrogens (tertiary/aromatic N) is 3. The molecule has 14 heavy (non-hydrogen) atoms. The van der Waals surface area contributed by atoms with E-state index in [0.717, 1.165) is 23.7 Å². The normalized spacial score (nSPS) is 10.1. The van der Waals surface area contributed by atoms with E-state index >= 15 is 0 Å². The molecule has 2 rings (SSSR count). The van der Waals surface area contributed by atoms with Crippen LogP contribution in [0.3, 0.4) is 0 Å². The lowest BCUT2D eigenvalue weighted by atomic mass is 10.2. The van der Waals surface area contributed by atoms with Crippen molar-refractivity contribution in [1.82, 2.24) is 14.8 Å². The van der Waals surface area contributed by atoms with Crippen LogP contribution in [0.1, 0.15) is 12.5 Å². The number of ether oxygens (including phenoxy) is 1. The summed E-state index contributed by atoms with van der Waals surface area (Å²) in [6, 6.07) is 7.90. The molecular weight excluding hydrogens is 198 g/mol. The van der Waals surface area contributed by atoms with E-state index in [4.69, 9.17) is 4.74 Å². The van der Waals surface area contributed by atoms with Crippen LogP contribution in [0, 0.1) is 0 Å². The number of hydrogen-bond acceptors (Lipinski definition) is 5. The van der Waals surface area contributed by atoms with E-state index in [1.165, 1.54) is 5.56 Å². The van der Waals surface area contributed by atoms with Crippen LogP contribution in [0.5, 0.6) is 10.9 Å². The summed E-state index contributed by atoms with van der Waals surface area (Å²) in [4.78, 5) is 0. The monoisotopic (exact) mass is 207 g/mol. The Morgan fingerprint density at radius 3 is 3.07 bits per heavy atom. The Morgan fingerprint density at radius 2 is 2.36 bits per heavy atom. The molecule has 5 heteroatoms. The molecule has 0 aliphatic rings. The molecule has 0 spiro atoms. The Bertz CT molecular complexity index is 402. The van der Waals surface area contributed by atoms with Crippen LogP contribution < -0.4 is 4.74 Å². The molecule has 0 bridgehead atoms. The van der Waals surface area contributed by atoms with Gasteiger partial charge in [-0.15, -0.1) is 0 Å². The fourth-order valence-electron chi connectivity index (χ4n) is 1.09. The van der Waals surface area contributed by atoms with Crippen molar-refractivity contribution in [3.63, 3.8) is 0 Å². The highest BCUT2D eigenvalue weighted by molar-refractivity contribution is 7.07. The standard InChI is InChI=1S/C9H9N3OS/c1-2-7-4-3-5-8(6-7)13-9-10-11-12-14-9/h3-6H,2H2,1H3. The van der Waals surface area contributed by atoms with Gasteiger partial charge in [0.05, 0.1) is 0 Å². The maximum Gasteiger partial charge on any atom is 0.319 e. The summed E-state index contributed by atoms with van der Waals surface area (Å²) in [5, 5.41) is 7.63. The van der Waals surface area contributed by atoms with E-state index in [9.17, 15) is 0 Å². The quantitative estimate of drug-likeness (QED) is 0.774. The summed E-state index contributed by atoms with van der Waals surface area (Å²) in [6.45, 7) is 2.10. The van der Waals surface area contributed by atoms with Gasteiger partial charge in [0.2, 0.25) is 0 Å². The second kappa shape index (κ2) is 4.15. The molecule has 1 aromatic carbocycles. The highest BCUT2D eigenvalue weighted by Gasteiger charge is 2.01. The number of rotatable bonds is 3. The van der Waals surface area contributed by atoms with Crippen LogP contribution in [0.4, 0.5) is 0 Å². The summed E-state index contributed by atoms with van der Waals surface area (Å²) in [5.41, 5.74) is 1.24. The van der Waals surface area contributed by atoms with E-state index in [-0.39, 0.29) is 0 Å². The minimum Gasteiger partial charge on any atom is -0.429 e. The molecule has 0 unspecified atom stereocenters. The Kier molecular flexibility index (Phi) is 2.69. The number of aryl methyl sites for hydroxylation is 1. The van der Waals surface area contributed by atoms with E-state index in [1.54, 1.807) is 0 Å². The molecule has 0 aliphatic carbocycles. The van der Waals surface area contributed by atoms with Gasteiger partial charge in [-0.05, 0) is 29.3 Å². The molecular formula is C9H9N3OS. The van der Waals surface area contributed by atoms with Gasteiger partial charge < -0.3 is 4.74 Å². The summed E-state index contributed by atoms with van der Waals surface area (Å²) in [6.07, 6.45) is 0.992. The minimum absolute atomic E-state index is 0.471. The molecule has 72 valence electrons. The highest BCUT2D eigenvalue weighted by atomic mass is 32.1. The summed E-state index contributed by atoms with van der Waals surface area (Å²) >= 11 is 1.14. The lowest BCUT2D eigenvalue weighted by molar-refractivity contribution is 0.472. The second-order valence-corrected chi connectivity index (χ2v) is 3.43. The van der Waals surface area contributed by atoms with Gasteiger partial charge >= 0.3 is 5.19 Å². The molecule has 2 aromatic rings. The average molecular weight is 207 g/mol. The second-order valence-electron chi connectivity index (χ2n) is 2.73. The molecule has 0 atom stereocenters. The Labute approximate surface area is 85.7 Å². The molecule has 0 radical (unpaired) electrons. The first-order valence-electron chi connectivity index (χ1n) is 4.30. The third-order valence-corrected chi connectivity index (χ3v) is 2.27. The molecule has 1 heterocycles. The van der Waals surface area contributed by atoms with Crippen LogP contribution in [0.2, 0.25) is 0 Å². The van der Waals surface area contributed by atoms with Gasteiger partial charge in [-0.25, -0.2) is 0 Å². The van der Waals surface area contributed by atoms with Gasteiger partial charge in [0.15, 0.2) is 0 Å². The van der Waals surface area contributed by atoms with Crippen LogP contribution in [-0.2, 0) is 6.42 Å². The first-order chi connectivity index (χ1) is 6.88. The van der Waals surface area contributed by atoms with Crippen molar-refractivity contribution in [3.8, 4) is 10.9 Å². The van der Waals surface area contributed by atoms with Gasteiger partial charge in [-0.3, -0.25) is 0 Å². The molecule has 0 saturated carbocycles. The molecule has 1 aromatic heterocycles. The molecule has 4 nitrogen and oxygen atoms in total. The van der Waals surface area contributed by atoms with Gasteiger partial charge in [-0.1, -0.05) is 28.6 Å².